The lowest BCUT2D eigenvalue weighted by molar-refractivity contribution is 0.842. The molecule has 16 heavy (non-hydrogen) atoms. The van der Waals surface area contributed by atoms with Gasteiger partial charge in [-0.1, -0.05) is 34.1 Å². The molecule has 0 bridgehead atoms. The van der Waals surface area contributed by atoms with Crippen molar-refractivity contribution in [2.45, 2.75) is 20.3 Å². The monoisotopic (exact) mass is 277 g/mol. The molecule has 0 N–H and O–H groups in total. The molecule has 1 aromatic carbocycles. The first-order valence-electron chi connectivity index (χ1n) is 5.07. The third kappa shape index (κ3) is 2.64. The van der Waals surface area contributed by atoms with Crippen molar-refractivity contribution >= 4 is 15.9 Å². The number of hydrogen-bond donors (Lipinski definition) is 0. The van der Waals surface area contributed by atoms with E-state index in [-0.39, 0.29) is 0 Å². The lowest BCUT2D eigenvalue weighted by Gasteiger charge is -2.04. The summed E-state index contributed by atoms with van der Waals surface area (Å²) in [7, 11) is 0. The summed E-state index contributed by atoms with van der Waals surface area (Å²) in [6, 6.07) is 8.10. The van der Waals surface area contributed by atoms with Crippen molar-refractivity contribution in [3.8, 4) is 0 Å². The molecule has 3 nitrogen and oxygen atoms in total. The summed E-state index contributed by atoms with van der Waals surface area (Å²) in [5.74, 6) is 2.36. The van der Waals surface area contributed by atoms with Crippen molar-refractivity contribution in [2.75, 3.05) is 0 Å². The standard InChI is InChI=1S/C12H12BrN3/c1-8-14-9(2)16-12(15-8)7-10-5-3-4-6-11(10)13/h3-6H,7H2,1-2H3. The van der Waals surface area contributed by atoms with E-state index in [1.165, 1.54) is 5.56 Å². The van der Waals surface area contributed by atoms with Crippen LogP contribution in [0, 0.1) is 13.8 Å². The minimum atomic E-state index is 0.728. The van der Waals surface area contributed by atoms with E-state index in [0.717, 1.165) is 28.4 Å². The Hall–Kier alpha value is -1.29. The largest absolute Gasteiger partial charge is 0.219 e. The van der Waals surface area contributed by atoms with Crippen molar-refractivity contribution in [1.82, 2.24) is 15.0 Å². The van der Waals surface area contributed by atoms with Crippen LogP contribution in [0.3, 0.4) is 0 Å². The third-order valence-electron chi connectivity index (χ3n) is 2.21. The molecule has 0 atom stereocenters. The molecule has 1 heterocycles. The van der Waals surface area contributed by atoms with Gasteiger partial charge in [-0.3, -0.25) is 0 Å². The topological polar surface area (TPSA) is 38.7 Å². The Kier molecular flexibility index (Phi) is 3.29. The van der Waals surface area contributed by atoms with Crippen molar-refractivity contribution in [1.29, 1.82) is 0 Å². The van der Waals surface area contributed by atoms with Crippen molar-refractivity contribution < 1.29 is 0 Å². The van der Waals surface area contributed by atoms with Crippen LogP contribution in [-0.2, 0) is 6.42 Å². The summed E-state index contributed by atoms with van der Waals surface area (Å²) >= 11 is 3.52. The van der Waals surface area contributed by atoms with Gasteiger partial charge in [0, 0.05) is 10.9 Å². The van der Waals surface area contributed by atoms with Gasteiger partial charge in [0.15, 0.2) is 0 Å². The first kappa shape index (κ1) is 11.2. The van der Waals surface area contributed by atoms with Gasteiger partial charge in [-0.25, -0.2) is 15.0 Å². The first-order chi connectivity index (χ1) is 7.65. The van der Waals surface area contributed by atoms with Crippen LogP contribution in [0.4, 0.5) is 0 Å². The molecular weight excluding hydrogens is 266 g/mol. The number of hydrogen-bond acceptors (Lipinski definition) is 3. The van der Waals surface area contributed by atoms with Crippen LogP contribution in [0.25, 0.3) is 0 Å². The molecule has 0 spiro atoms. The predicted molar refractivity (Wildman–Crippen MR) is 66.2 cm³/mol. The van der Waals surface area contributed by atoms with Gasteiger partial charge in [-0.15, -0.1) is 0 Å². The smallest absolute Gasteiger partial charge is 0.137 e. The molecule has 0 fully saturated rings. The highest BCUT2D eigenvalue weighted by molar-refractivity contribution is 9.10. The summed E-state index contributed by atoms with van der Waals surface area (Å²) < 4.78 is 1.09. The summed E-state index contributed by atoms with van der Waals surface area (Å²) in [5, 5.41) is 0. The molecule has 0 saturated heterocycles. The molecule has 0 radical (unpaired) electrons. The Morgan fingerprint density at radius 3 is 2.25 bits per heavy atom. The highest BCUT2D eigenvalue weighted by Gasteiger charge is 2.04. The van der Waals surface area contributed by atoms with Gasteiger partial charge in [-0.05, 0) is 25.5 Å². The molecule has 0 aliphatic rings. The Bertz CT molecular complexity index is 491. The van der Waals surface area contributed by atoms with E-state index in [0.29, 0.717) is 0 Å². The number of aromatic nitrogens is 3. The second kappa shape index (κ2) is 4.70. The number of rotatable bonds is 2. The lowest BCUT2D eigenvalue weighted by atomic mass is 10.1. The molecule has 0 aliphatic heterocycles. The fourth-order valence-corrected chi connectivity index (χ4v) is 2.00. The van der Waals surface area contributed by atoms with Gasteiger partial charge < -0.3 is 0 Å². The molecule has 0 saturated carbocycles. The van der Waals surface area contributed by atoms with Gasteiger partial charge >= 0.3 is 0 Å². The first-order valence-corrected chi connectivity index (χ1v) is 5.86. The molecule has 2 aromatic rings. The zero-order chi connectivity index (χ0) is 11.5. The molecule has 0 aliphatic carbocycles. The fourth-order valence-electron chi connectivity index (χ4n) is 1.57. The summed E-state index contributed by atoms with van der Waals surface area (Å²) in [4.78, 5) is 12.8. The van der Waals surface area contributed by atoms with E-state index in [1.54, 1.807) is 0 Å². The van der Waals surface area contributed by atoms with E-state index in [4.69, 9.17) is 0 Å². The van der Waals surface area contributed by atoms with Crippen LogP contribution < -0.4 is 0 Å². The molecule has 4 heteroatoms. The Morgan fingerprint density at radius 1 is 1.00 bits per heavy atom. The van der Waals surface area contributed by atoms with Gasteiger partial charge in [0.2, 0.25) is 0 Å². The average Bonchev–Trinajstić information content (AvgIpc) is 2.20. The predicted octanol–water partition coefficient (Wildman–Crippen LogP) is 2.84. The lowest BCUT2D eigenvalue weighted by Crippen LogP contribution is -2.03. The molecular formula is C12H12BrN3. The van der Waals surface area contributed by atoms with E-state index >= 15 is 0 Å². The van der Waals surface area contributed by atoms with Crippen molar-refractivity contribution in [3.05, 3.63) is 51.8 Å². The van der Waals surface area contributed by atoms with Crippen molar-refractivity contribution in [3.63, 3.8) is 0 Å². The summed E-state index contributed by atoms with van der Waals surface area (Å²) in [6.45, 7) is 3.77. The number of halogens is 1. The average molecular weight is 278 g/mol. The summed E-state index contributed by atoms with van der Waals surface area (Å²) in [6.07, 6.45) is 0.728. The molecule has 82 valence electrons. The minimum absolute atomic E-state index is 0.728. The summed E-state index contributed by atoms with van der Waals surface area (Å²) in [5.41, 5.74) is 1.19. The van der Waals surface area contributed by atoms with Crippen LogP contribution >= 0.6 is 15.9 Å². The Morgan fingerprint density at radius 2 is 1.62 bits per heavy atom. The second-order valence-electron chi connectivity index (χ2n) is 3.61. The number of benzene rings is 1. The molecule has 2 rings (SSSR count). The second-order valence-corrected chi connectivity index (χ2v) is 4.47. The molecule has 0 unspecified atom stereocenters. The van der Waals surface area contributed by atoms with Crippen molar-refractivity contribution in [2.24, 2.45) is 0 Å². The number of aryl methyl sites for hydroxylation is 2. The van der Waals surface area contributed by atoms with E-state index < -0.39 is 0 Å². The zero-order valence-electron chi connectivity index (χ0n) is 9.24. The quantitative estimate of drug-likeness (QED) is 0.847. The molecule has 1 aromatic heterocycles. The van der Waals surface area contributed by atoms with Crippen LogP contribution in [0.1, 0.15) is 23.0 Å². The van der Waals surface area contributed by atoms with Crippen LogP contribution in [-0.4, -0.2) is 15.0 Å². The maximum absolute atomic E-state index is 4.33. The van der Waals surface area contributed by atoms with Crippen LogP contribution in [0.2, 0.25) is 0 Å². The zero-order valence-corrected chi connectivity index (χ0v) is 10.8. The number of nitrogens with zero attached hydrogens (tertiary/aromatic N) is 3. The minimum Gasteiger partial charge on any atom is -0.219 e. The van der Waals surface area contributed by atoms with E-state index in [1.807, 2.05) is 32.0 Å². The maximum atomic E-state index is 4.33. The Balaban J connectivity index is 2.30. The van der Waals surface area contributed by atoms with Gasteiger partial charge in [0.1, 0.15) is 17.5 Å². The van der Waals surface area contributed by atoms with Crippen LogP contribution in [0.15, 0.2) is 28.7 Å². The van der Waals surface area contributed by atoms with Gasteiger partial charge in [0.05, 0.1) is 0 Å². The SMILES string of the molecule is Cc1nc(C)nc(Cc2ccccc2Br)n1. The van der Waals surface area contributed by atoms with E-state index in [9.17, 15) is 0 Å². The van der Waals surface area contributed by atoms with E-state index in [2.05, 4.69) is 36.9 Å². The van der Waals surface area contributed by atoms with Gasteiger partial charge in [0.25, 0.3) is 0 Å². The fraction of sp³-hybridized carbons (Fsp3) is 0.250. The highest BCUT2D eigenvalue weighted by Crippen LogP contribution is 2.18. The maximum Gasteiger partial charge on any atom is 0.137 e. The van der Waals surface area contributed by atoms with Crippen LogP contribution in [0.5, 0.6) is 0 Å². The third-order valence-corrected chi connectivity index (χ3v) is 2.99. The molecule has 0 amide bonds. The van der Waals surface area contributed by atoms with Gasteiger partial charge in [-0.2, -0.15) is 0 Å². The highest BCUT2D eigenvalue weighted by atomic mass is 79.9. The normalized spacial score (nSPS) is 10.4. The Labute approximate surface area is 103 Å².